The average molecular weight is 369 g/mol. The van der Waals surface area contributed by atoms with Gasteiger partial charge in [0.2, 0.25) is 5.91 Å². The van der Waals surface area contributed by atoms with Gasteiger partial charge >= 0.3 is 0 Å². The number of ketones is 2. The fourth-order valence-electron chi connectivity index (χ4n) is 9.43. The number of β-amino-alcohol motifs (C(OH)–C–C–N with tert-alkyl or cyclic N) is 1. The highest BCUT2D eigenvalue weighted by atomic mass is 16.3. The zero-order valence-electron chi connectivity index (χ0n) is 15.9. The van der Waals surface area contributed by atoms with Gasteiger partial charge in [0.1, 0.15) is 11.6 Å². The Bertz CT molecular complexity index is 834. The van der Waals surface area contributed by atoms with Crippen molar-refractivity contribution in [1.82, 2.24) is 4.90 Å². The molecule has 0 aromatic rings. The van der Waals surface area contributed by atoms with Gasteiger partial charge in [-0.25, -0.2) is 0 Å². The number of hydrogen-bond donors (Lipinski definition) is 1. The SMILES string of the molecule is C=C1C[C@]23CC(=O)[C@H]4[C@]56CCC[C@@]4(C)C(=O)N(CCO)C5C2C[C@H]1C(=O)[C@H]36. The van der Waals surface area contributed by atoms with E-state index >= 15 is 0 Å². The van der Waals surface area contributed by atoms with Crippen LogP contribution < -0.4 is 0 Å². The van der Waals surface area contributed by atoms with Crippen LogP contribution in [0.1, 0.15) is 45.4 Å². The predicted octanol–water partition coefficient (Wildman–Crippen LogP) is 1.74. The van der Waals surface area contributed by atoms with E-state index in [1.165, 1.54) is 0 Å². The smallest absolute Gasteiger partial charge is 0.229 e. The summed E-state index contributed by atoms with van der Waals surface area (Å²) < 4.78 is 0. The van der Waals surface area contributed by atoms with E-state index in [9.17, 15) is 19.5 Å². The maximum atomic E-state index is 13.6. The van der Waals surface area contributed by atoms with Crippen molar-refractivity contribution < 1.29 is 19.5 Å². The number of rotatable bonds is 2. The molecule has 2 spiro atoms. The molecule has 6 bridgehead atoms. The molecule has 2 unspecified atom stereocenters. The van der Waals surface area contributed by atoms with Crippen molar-refractivity contribution in [2.45, 2.75) is 51.5 Å². The summed E-state index contributed by atoms with van der Waals surface area (Å²) in [5.74, 6) is 0.271. The maximum absolute atomic E-state index is 13.6. The van der Waals surface area contributed by atoms with Crippen molar-refractivity contribution in [2.75, 3.05) is 13.2 Å². The van der Waals surface area contributed by atoms with Crippen LogP contribution in [0.15, 0.2) is 12.2 Å². The van der Waals surface area contributed by atoms with Gasteiger partial charge in [0, 0.05) is 42.2 Å². The van der Waals surface area contributed by atoms with Crippen LogP contribution in [-0.4, -0.2) is 46.7 Å². The molecular weight excluding hydrogens is 342 g/mol. The van der Waals surface area contributed by atoms with Crippen molar-refractivity contribution in [3.63, 3.8) is 0 Å². The number of hydrogen-bond acceptors (Lipinski definition) is 4. The van der Waals surface area contributed by atoms with E-state index < -0.39 is 10.8 Å². The van der Waals surface area contributed by atoms with E-state index in [4.69, 9.17) is 0 Å². The second kappa shape index (κ2) is 4.56. The van der Waals surface area contributed by atoms with E-state index in [1.54, 1.807) is 0 Å². The van der Waals surface area contributed by atoms with Gasteiger partial charge in [-0.2, -0.15) is 0 Å². The Kier molecular flexibility index (Phi) is 2.78. The monoisotopic (exact) mass is 369 g/mol. The van der Waals surface area contributed by atoms with Crippen LogP contribution in [0.5, 0.6) is 0 Å². The number of carbonyl (C=O) groups excluding carboxylic acids is 3. The first-order valence-corrected chi connectivity index (χ1v) is 10.5. The Balaban J connectivity index is 1.67. The van der Waals surface area contributed by atoms with E-state index in [1.807, 2.05) is 11.8 Å². The summed E-state index contributed by atoms with van der Waals surface area (Å²) in [5.41, 5.74) is -0.427. The van der Waals surface area contributed by atoms with Crippen LogP contribution in [0.3, 0.4) is 0 Å². The van der Waals surface area contributed by atoms with Crippen molar-refractivity contribution in [1.29, 1.82) is 0 Å². The van der Waals surface area contributed by atoms with Gasteiger partial charge in [-0.05, 0) is 37.0 Å². The molecule has 0 radical (unpaired) electrons. The molecule has 5 heteroatoms. The van der Waals surface area contributed by atoms with E-state index in [0.717, 1.165) is 31.3 Å². The Morgan fingerprint density at radius 3 is 2.70 bits per heavy atom. The summed E-state index contributed by atoms with van der Waals surface area (Å²) in [7, 11) is 0. The third-order valence-electron chi connectivity index (χ3n) is 9.68. The quantitative estimate of drug-likeness (QED) is 0.753. The molecule has 1 aliphatic heterocycles. The highest BCUT2D eigenvalue weighted by Crippen LogP contribution is 2.81. The zero-order chi connectivity index (χ0) is 18.9. The van der Waals surface area contributed by atoms with Crippen LogP contribution in [-0.2, 0) is 14.4 Å². The van der Waals surface area contributed by atoms with Gasteiger partial charge in [-0.1, -0.05) is 25.5 Å². The first-order chi connectivity index (χ1) is 12.8. The summed E-state index contributed by atoms with van der Waals surface area (Å²) in [6, 6.07) is -0.0611. The summed E-state index contributed by atoms with van der Waals surface area (Å²) in [4.78, 5) is 42.7. The normalized spacial score (nSPS) is 54.7. The lowest BCUT2D eigenvalue weighted by Gasteiger charge is -2.64. The van der Waals surface area contributed by atoms with Crippen LogP contribution in [0.4, 0.5) is 0 Å². The number of amides is 1. The number of Topliss-reactive ketones (excluding diaryl/α,β-unsaturated/α-hetero) is 2. The number of aliphatic hydroxyl groups excluding tert-OH is 1. The third-order valence-corrected chi connectivity index (χ3v) is 9.68. The molecule has 1 saturated heterocycles. The largest absolute Gasteiger partial charge is 0.395 e. The zero-order valence-corrected chi connectivity index (χ0v) is 15.9. The van der Waals surface area contributed by atoms with Crippen LogP contribution >= 0.6 is 0 Å². The van der Waals surface area contributed by atoms with Crippen molar-refractivity contribution in [2.24, 2.45) is 39.9 Å². The molecule has 6 aliphatic carbocycles. The standard InChI is InChI=1S/C22H27NO4/c1-11-9-21-10-14(25)16-20(2)4-3-5-22(16)17(21)15(26)12(11)8-13(21)18(22)23(6-7-24)19(20)27/h12-13,16-18,24H,1,3-10H2,2H3/t12-,13?,16-,17-,18?,20-,21+,22+/m1/s1. The molecule has 7 rings (SSSR count). The summed E-state index contributed by atoms with van der Waals surface area (Å²) in [5, 5.41) is 9.72. The second-order valence-electron chi connectivity index (χ2n) is 10.4. The minimum atomic E-state index is -0.712. The molecule has 144 valence electrons. The third kappa shape index (κ3) is 1.42. The van der Waals surface area contributed by atoms with Gasteiger partial charge < -0.3 is 10.0 Å². The van der Waals surface area contributed by atoms with Gasteiger partial charge in [0.15, 0.2) is 0 Å². The molecule has 6 saturated carbocycles. The highest BCUT2D eigenvalue weighted by Gasteiger charge is 2.85. The number of allylic oxidation sites excluding steroid dienone is 1. The summed E-state index contributed by atoms with van der Waals surface area (Å²) in [6.45, 7) is 6.42. The molecule has 27 heavy (non-hydrogen) atoms. The molecule has 0 aromatic carbocycles. The lowest BCUT2D eigenvalue weighted by atomic mass is 9.39. The fraction of sp³-hybridized carbons (Fsp3) is 0.773. The van der Waals surface area contributed by atoms with Crippen molar-refractivity contribution in [3.8, 4) is 0 Å². The Hall–Kier alpha value is -1.49. The lowest BCUT2D eigenvalue weighted by Crippen LogP contribution is -2.72. The summed E-state index contributed by atoms with van der Waals surface area (Å²) in [6.07, 6.45) is 4.45. The Morgan fingerprint density at radius 2 is 1.96 bits per heavy atom. The van der Waals surface area contributed by atoms with Crippen LogP contribution in [0, 0.1) is 39.9 Å². The molecule has 1 amide bonds. The topological polar surface area (TPSA) is 74.7 Å². The predicted molar refractivity (Wildman–Crippen MR) is 96.4 cm³/mol. The van der Waals surface area contributed by atoms with Crippen LogP contribution in [0.2, 0.25) is 0 Å². The van der Waals surface area contributed by atoms with Gasteiger partial charge in [0.05, 0.1) is 12.0 Å². The van der Waals surface area contributed by atoms with E-state index in [-0.39, 0.29) is 53.4 Å². The Labute approximate surface area is 159 Å². The lowest BCUT2D eigenvalue weighted by molar-refractivity contribution is -0.198. The number of aliphatic hydroxyl groups is 1. The van der Waals surface area contributed by atoms with E-state index in [2.05, 4.69) is 6.58 Å². The molecule has 7 fully saturated rings. The minimum absolute atomic E-state index is 0.0435. The second-order valence-corrected chi connectivity index (χ2v) is 10.4. The fourth-order valence-corrected chi connectivity index (χ4v) is 9.43. The maximum Gasteiger partial charge on any atom is 0.229 e. The highest BCUT2D eigenvalue weighted by molar-refractivity contribution is 6.01. The average Bonchev–Trinajstić information content (AvgIpc) is 2.69. The molecule has 0 aromatic heterocycles. The first kappa shape index (κ1) is 16.5. The van der Waals surface area contributed by atoms with Gasteiger partial charge in [0.25, 0.3) is 0 Å². The van der Waals surface area contributed by atoms with Crippen molar-refractivity contribution >= 4 is 17.5 Å². The van der Waals surface area contributed by atoms with E-state index in [0.29, 0.717) is 25.2 Å². The van der Waals surface area contributed by atoms with Crippen LogP contribution in [0.25, 0.3) is 0 Å². The van der Waals surface area contributed by atoms with Crippen molar-refractivity contribution in [3.05, 3.63) is 12.2 Å². The van der Waals surface area contributed by atoms with Gasteiger partial charge in [-0.3, -0.25) is 14.4 Å². The number of nitrogens with zero attached hydrogens (tertiary/aromatic N) is 1. The molecule has 1 heterocycles. The minimum Gasteiger partial charge on any atom is -0.395 e. The molecule has 7 aliphatic rings. The number of carbonyl (C=O) groups is 3. The molecule has 1 N–H and O–H groups in total. The Morgan fingerprint density at radius 1 is 1.19 bits per heavy atom. The number of piperidine rings is 1. The van der Waals surface area contributed by atoms with Gasteiger partial charge in [-0.15, -0.1) is 0 Å². The number of fused-ring (bicyclic) bond motifs is 1. The molecule has 8 atom stereocenters. The molecular formula is C22H27NO4. The first-order valence-electron chi connectivity index (χ1n) is 10.5. The summed E-state index contributed by atoms with van der Waals surface area (Å²) >= 11 is 0. The number of likely N-dealkylation sites (tertiary alicyclic amines) is 1. The molecule has 5 nitrogen and oxygen atoms in total.